The van der Waals surface area contributed by atoms with E-state index in [0.29, 0.717) is 16.3 Å². The van der Waals surface area contributed by atoms with Gasteiger partial charge in [0.15, 0.2) is 0 Å². The van der Waals surface area contributed by atoms with Crippen molar-refractivity contribution in [3.8, 4) is 0 Å². The zero-order chi connectivity index (χ0) is 14.4. The maximum atomic E-state index is 13.4. The third-order valence-electron chi connectivity index (χ3n) is 2.47. The van der Waals surface area contributed by atoms with Crippen LogP contribution in [0.2, 0.25) is 10.0 Å². The smallest absolute Gasteiger partial charge is 0.230 e. The van der Waals surface area contributed by atoms with Crippen molar-refractivity contribution in [2.75, 3.05) is 11.5 Å². The fourth-order valence-corrected chi connectivity index (χ4v) is 2.79. The van der Waals surface area contributed by atoms with E-state index >= 15 is 0 Å². The molecule has 1 aromatic carbocycles. The second-order valence-corrected chi connectivity index (χ2v) is 6.05. The topological polar surface area (TPSA) is 29.1 Å². The van der Waals surface area contributed by atoms with Crippen molar-refractivity contribution < 1.29 is 9.18 Å². The summed E-state index contributed by atoms with van der Waals surface area (Å²) in [5.74, 6) is 0.712. The van der Waals surface area contributed by atoms with Gasteiger partial charge in [0.1, 0.15) is 5.82 Å². The Morgan fingerprint density at radius 3 is 2.74 bits per heavy atom. The molecule has 0 aliphatic heterocycles. The molecule has 0 bridgehead atoms. The molecular formula is C13H16Cl2FNOS. The van der Waals surface area contributed by atoms with Crippen LogP contribution in [0.5, 0.6) is 0 Å². The summed E-state index contributed by atoms with van der Waals surface area (Å²) in [7, 11) is 0. The zero-order valence-electron chi connectivity index (χ0n) is 10.8. The highest BCUT2D eigenvalue weighted by Gasteiger charge is 2.15. The quantitative estimate of drug-likeness (QED) is 0.618. The highest BCUT2D eigenvalue weighted by molar-refractivity contribution is 7.99. The molecule has 0 radical (unpaired) electrons. The van der Waals surface area contributed by atoms with Crippen LogP contribution < -0.4 is 5.32 Å². The monoisotopic (exact) mass is 323 g/mol. The fourth-order valence-electron chi connectivity index (χ4n) is 1.54. The Morgan fingerprint density at radius 1 is 1.42 bits per heavy atom. The first-order valence-electron chi connectivity index (χ1n) is 5.97. The molecule has 0 heterocycles. The van der Waals surface area contributed by atoms with Gasteiger partial charge in [-0.3, -0.25) is 4.79 Å². The molecule has 0 aliphatic carbocycles. The van der Waals surface area contributed by atoms with E-state index in [1.807, 2.05) is 0 Å². The number of carbonyl (C=O) groups is 1. The maximum absolute atomic E-state index is 13.4. The van der Waals surface area contributed by atoms with Crippen LogP contribution in [0.15, 0.2) is 12.1 Å². The first-order valence-corrected chi connectivity index (χ1v) is 7.88. The largest absolute Gasteiger partial charge is 0.349 e. The van der Waals surface area contributed by atoms with Gasteiger partial charge in [-0.15, -0.1) is 0 Å². The SMILES string of the molecule is CCCSCC(=O)NC(C)c1cc(F)c(Cl)cc1Cl. The van der Waals surface area contributed by atoms with Crippen LogP contribution in [0.4, 0.5) is 4.39 Å². The molecule has 19 heavy (non-hydrogen) atoms. The summed E-state index contributed by atoms with van der Waals surface area (Å²) < 4.78 is 13.4. The van der Waals surface area contributed by atoms with E-state index in [0.717, 1.165) is 12.2 Å². The molecule has 1 amide bonds. The van der Waals surface area contributed by atoms with Crippen molar-refractivity contribution in [2.24, 2.45) is 0 Å². The van der Waals surface area contributed by atoms with Crippen LogP contribution in [0.1, 0.15) is 31.9 Å². The van der Waals surface area contributed by atoms with E-state index in [-0.39, 0.29) is 17.0 Å². The van der Waals surface area contributed by atoms with E-state index in [9.17, 15) is 9.18 Å². The van der Waals surface area contributed by atoms with Crippen molar-refractivity contribution in [3.63, 3.8) is 0 Å². The minimum atomic E-state index is -0.539. The normalized spacial score (nSPS) is 12.3. The predicted molar refractivity (Wildman–Crippen MR) is 80.6 cm³/mol. The van der Waals surface area contributed by atoms with Gasteiger partial charge in [0, 0.05) is 5.02 Å². The maximum Gasteiger partial charge on any atom is 0.230 e. The highest BCUT2D eigenvalue weighted by atomic mass is 35.5. The van der Waals surface area contributed by atoms with Gasteiger partial charge >= 0.3 is 0 Å². The lowest BCUT2D eigenvalue weighted by molar-refractivity contribution is -0.119. The number of benzene rings is 1. The number of hydrogen-bond acceptors (Lipinski definition) is 2. The molecule has 0 saturated heterocycles. The molecule has 1 atom stereocenters. The Kier molecular flexibility index (Phi) is 6.97. The molecular weight excluding hydrogens is 308 g/mol. The summed E-state index contributed by atoms with van der Waals surface area (Å²) in [4.78, 5) is 11.7. The summed E-state index contributed by atoms with van der Waals surface area (Å²) in [6.07, 6.45) is 1.03. The predicted octanol–water partition coefficient (Wildman–Crippen LogP) is 4.45. The lowest BCUT2D eigenvalue weighted by Gasteiger charge is -2.16. The van der Waals surface area contributed by atoms with E-state index < -0.39 is 5.82 Å². The first kappa shape index (κ1) is 16.6. The number of halogens is 3. The summed E-state index contributed by atoms with van der Waals surface area (Å²) in [5.41, 5.74) is 0.525. The van der Waals surface area contributed by atoms with Crippen molar-refractivity contribution in [1.29, 1.82) is 0 Å². The lowest BCUT2D eigenvalue weighted by atomic mass is 10.1. The molecule has 6 heteroatoms. The molecule has 0 saturated carbocycles. The van der Waals surface area contributed by atoms with Crippen molar-refractivity contribution in [1.82, 2.24) is 5.32 Å². The second kappa shape index (κ2) is 7.98. The van der Waals surface area contributed by atoms with Crippen LogP contribution in [0.25, 0.3) is 0 Å². The number of thioether (sulfide) groups is 1. The Labute approximate surface area is 127 Å². The van der Waals surface area contributed by atoms with Crippen molar-refractivity contribution in [3.05, 3.63) is 33.6 Å². The number of amides is 1. The number of carbonyl (C=O) groups excluding carboxylic acids is 1. The van der Waals surface area contributed by atoms with Crippen molar-refractivity contribution in [2.45, 2.75) is 26.3 Å². The zero-order valence-corrected chi connectivity index (χ0v) is 13.1. The lowest BCUT2D eigenvalue weighted by Crippen LogP contribution is -2.28. The summed E-state index contributed by atoms with van der Waals surface area (Å²) >= 11 is 13.2. The Bertz CT molecular complexity index is 457. The minimum Gasteiger partial charge on any atom is -0.349 e. The molecule has 1 N–H and O–H groups in total. The van der Waals surface area contributed by atoms with E-state index in [1.165, 1.54) is 12.1 Å². The third-order valence-corrected chi connectivity index (χ3v) is 4.25. The Hall–Kier alpha value is -0.450. The molecule has 1 aromatic rings. The van der Waals surface area contributed by atoms with E-state index in [2.05, 4.69) is 12.2 Å². The Morgan fingerprint density at radius 2 is 2.11 bits per heavy atom. The number of nitrogens with one attached hydrogen (secondary N) is 1. The van der Waals surface area contributed by atoms with E-state index in [1.54, 1.807) is 18.7 Å². The van der Waals surface area contributed by atoms with Crippen LogP contribution in [0, 0.1) is 5.82 Å². The van der Waals surface area contributed by atoms with Crippen LogP contribution >= 0.6 is 35.0 Å². The average Bonchev–Trinajstić information content (AvgIpc) is 2.34. The molecule has 106 valence electrons. The van der Waals surface area contributed by atoms with Crippen LogP contribution in [0.3, 0.4) is 0 Å². The molecule has 0 aliphatic rings. The molecule has 2 nitrogen and oxygen atoms in total. The standard InChI is InChI=1S/C13H16Cl2FNOS/c1-3-4-19-7-13(18)17-8(2)9-5-12(16)11(15)6-10(9)14/h5-6,8H,3-4,7H2,1-2H3,(H,17,18). The molecule has 0 fully saturated rings. The number of hydrogen-bond donors (Lipinski definition) is 1. The van der Waals surface area contributed by atoms with Gasteiger partial charge in [0.25, 0.3) is 0 Å². The minimum absolute atomic E-state index is 0.0224. The molecule has 0 aromatic heterocycles. The highest BCUT2D eigenvalue weighted by Crippen LogP contribution is 2.28. The van der Waals surface area contributed by atoms with Crippen LogP contribution in [-0.2, 0) is 4.79 Å². The number of rotatable bonds is 6. The summed E-state index contributed by atoms with van der Waals surface area (Å²) in [5, 5.41) is 3.11. The van der Waals surface area contributed by atoms with Gasteiger partial charge in [-0.2, -0.15) is 11.8 Å². The van der Waals surface area contributed by atoms with Crippen molar-refractivity contribution >= 4 is 40.9 Å². The Balaban J connectivity index is 2.65. The molecule has 1 rings (SSSR count). The summed E-state index contributed by atoms with van der Waals surface area (Å²) in [6.45, 7) is 3.82. The second-order valence-electron chi connectivity index (χ2n) is 4.13. The van der Waals surface area contributed by atoms with Gasteiger partial charge in [-0.25, -0.2) is 4.39 Å². The van der Waals surface area contributed by atoms with Gasteiger partial charge in [0.05, 0.1) is 16.8 Å². The van der Waals surface area contributed by atoms with Crippen LogP contribution in [-0.4, -0.2) is 17.4 Å². The van der Waals surface area contributed by atoms with Gasteiger partial charge < -0.3 is 5.32 Å². The fraction of sp³-hybridized carbons (Fsp3) is 0.462. The van der Waals surface area contributed by atoms with E-state index in [4.69, 9.17) is 23.2 Å². The third kappa shape index (κ3) is 5.21. The average molecular weight is 324 g/mol. The van der Waals surface area contributed by atoms with Gasteiger partial charge in [-0.05, 0) is 36.8 Å². The van der Waals surface area contributed by atoms with Gasteiger partial charge in [0.2, 0.25) is 5.91 Å². The molecule has 0 spiro atoms. The summed E-state index contributed by atoms with van der Waals surface area (Å²) in [6, 6.07) is 2.26. The molecule has 1 unspecified atom stereocenters. The van der Waals surface area contributed by atoms with Gasteiger partial charge in [-0.1, -0.05) is 30.1 Å². The first-order chi connectivity index (χ1) is 8.95.